The van der Waals surface area contributed by atoms with Crippen LogP contribution in [0.15, 0.2) is 16.7 Å². The maximum absolute atomic E-state index is 12.3. The van der Waals surface area contributed by atoms with Gasteiger partial charge in [-0.25, -0.2) is 0 Å². The molecule has 1 fully saturated rings. The third kappa shape index (κ3) is 3.83. The summed E-state index contributed by atoms with van der Waals surface area (Å²) in [5.41, 5.74) is 6.46. The van der Waals surface area contributed by atoms with Crippen molar-refractivity contribution in [2.75, 3.05) is 26.2 Å². The van der Waals surface area contributed by atoms with Crippen molar-refractivity contribution in [1.82, 2.24) is 9.80 Å². The zero-order valence-electron chi connectivity index (χ0n) is 12.7. The Morgan fingerprint density at radius 3 is 2.57 bits per heavy atom. The van der Waals surface area contributed by atoms with Gasteiger partial charge in [0.1, 0.15) is 12.0 Å². The number of nitrogens with zero attached hydrogens (tertiary/aromatic N) is 2. The fraction of sp³-hybridized carbons (Fsp3) is 0.600. The molecule has 1 atom stereocenters. The van der Waals surface area contributed by atoms with Gasteiger partial charge in [-0.3, -0.25) is 9.69 Å². The van der Waals surface area contributed by atoms with Gasteiger partial charge in [-0.1, -0.05) is 25.6 Å². The molecule has 2 heterocycles. The first-order chi connectivity index (χ1) is 10.0. The molecule has 2 N–H and O–H groups in total. The SMILES string of the molecule is CCCC(C(N)=S)N1CCN(C(=O)c2coc(C)c2)CC1. The standard InChI is InChI=1S/C15H23N3O2S/c1-3-4-13(14(16)21)17-5-7-18(8-6-17)15(19)12-9-11(2)20-10-12/h9-10,13H,3-8H2,1-2H3,(H2,16,21). The molecule has 1 amide bonds. The zero-order valence-corrected chi connectivity index (χ0v) is 13.5. The van der Waals surface area contributed by atoms with E-state index in [4.69, 9.17) is 22.4 Å². The second-order valence-electron chi connectivity index (χ2n) is 5.48. The molecule has 0 bridgehead atoms. The number of furan rings is 1. The van der Waals surface area contributed by atoms with Crippen LogP contribution >= 0.6 is 12.2 Å². The van der Waals surface area contributed by atoms with Crippen LogP contribution in [0, 0.1) is 6.92 Å². The molecule has 2 rings (SSSR count). The van der Waals surface area contributed by atoms with E-state index in [1.807, 2.05) is 11.8 Å². The lowest BCUT2D eigenvalue weighted by Gasteiger charge is -2.38. The summed E-state index contributed by atoms with van der Waals surface area (Å²) in [6, 6.07) is 1.93. The van der Waals surface area contributed by atoms with Crippen LogP contribution in [0.25, 0.3) is 0 Å². The van der Waals surface area contributed by atoms with Crippen molar-refractivity contribution >= 4 is 23.1 Å². The van der Waals surface area contributed by atoms with Gasteiger partial charge < -0.3 is 15.1 Å². The molecular formula is C15H23N3O2S. The summed E-state index contributed by atoms with van der Waals surface area (Å²) in [7, 11) is 0. The molecule has 0 aromatic carbocycles. The van der Waals surface area contributed by atoms with Gasteiger partial charge in [-0.2, -0.15) is 0 Å². The van der Waals surface area contributed by atoms with E-state index in [9.17, 15) is 4.79 Å². The zero-order chi connectivity index (χ0) is 15.4. The summed E-state index contributed by atoms with van der Waals surface area (Å²) in [4.78, 5) is 17.1. The van der Waals surface area contributed by atoms with E-state index in [1.165, 1.54) is 6.26 Å². The third-order valence-electron chi connectivity index (χ3n) is 3.91. The number of thiocarbonyl (C=S) groups is 1. The van der Waals surface area contributed by atoms with Crippen molar-refractivity contribution in [3.8, 4) is 0 Å². The van der Waals surface area contributed by atoms with Gasteiger partial charge in [0, 0.05) is 26.2 Å². The molecule has 0 aliphatic carbocycles. The summed E-state index contributed by atoms with van der Waals surface area (Å²) >= 11 is 5.17. The van der Waals surface area contributed by atoms with Crippen molar-refractivity contribution in [2.45, 2.75) is 32.7 Å². The summed E-state index contributed by atoms with van der Waals surface area (Å²) in [6.45, 7) is 6.99. The summed E-state index contributed by atoms with van der Waals surface area (Å²) in [5, 5.41) is 0. The normalized spacial score (nSPS) is 17.7. The van der Waals surface area contributed by atoms with Gasteiger partial charge >= 0.3 is 0 Å². The van der Waals surface area contributed by atoms with E-state index in [2.05, 4.69) is 11.8 Å². The highest BCUT2D eigenvalue weighted by atomic mass is 32.1. The second-order valence-corrected chi connectivity index (χ2v) is 5.95. The molecule has 1 aromatic heterocycles. The quantitative estimate of drug-likeness (QED) is 0.840. The fourth-order valence-electron chi connectivity index (χ4n) is 2.75. The molecule has 5 nitrogen and oxygen atoms in total. The monoisotopic (exact) mass is 309 g/mol. The Hall–Kier alpha value is -1.40. The predicted molar refractivity (Wildman–Crippen MR) is 86.4 cm³/mol. The summed E-state index contributed by atoms with van der Waals surface area (Å²) < 4.78 is 5.21. The lowest BCUT2D eigenvalue weighted by molar-refractivity contribution is 0.0608. The molecule has 0 saturated carbocycles. The van der Waals surface area contributed by atoms with E-state index in [0.29, 0.717) is 23.6 Å². The van der Waals surface area contributed by atoms with Gasteiger partial charge in [0.15, 0.2) is 0 Å². The third-order valence-corrected chi connectivity index (χ3v) is 4.18. The Morgan fingerprint density at radius 1 is 1.43 bits per heavy atom. The van der Waals surface area contributed by atoms with Gasteiger partial charge in [0.25, 0.3) is 5.91 Å². The van der Waals surface area contributed by atoms with Gasteiger partial charge in [-0.05, 0) is 19.4 Å². The Morgan fingerprint density at radius 2 is 2.10 bits per heavy atom. The molecule has 1 aliphatic heterocycles. The van der Waals surface area contributed by atoms with Crippen molar-refractivity contribution in [1.29, 1.82) is 0 Å². The minimum absolute atomic E-state index is 0.0360. The first-order valence-corrected chi connectivity index (χ1v) is 7.81. The largest absolute Gasteiger partial charge is 0.469 e. The lowest BCUT2D eigenvalue weighted by atomic mass is 10.1. The highest BCUT2D eigenvalue weighted by Crippen LogP contribution is 2.15. The molecular weight excluding hydrogens is 286 g/mol. The van der Waals surface area contributed by atoms with Crippen molar-refractivity contribution in [3.63, 3.8) is 0 Å². The molecule has 0 radical (unpaired) electrons. The van der Waals surface area contributed by atoms with Crippen LogP contribution < -0.4 is 5.73 Å². The van der Waals surface area contributed by atoms with Crippen LogP contribution in [0.4, 0.5) is 0 Å². The molecule has 1 unspecified atom stereocenters. The Kier molecular flexibility index (Phi) is 5.36. The van der Waals surface area contributed by atoms with E-state index in [1.54, 1.807) is 6.07 Å². The summed E-state index contributed by atoms with van der Waals surface area (Å²) in [6.07, 6.45) is 3.55. The van der Waals surface area contributed by atoms with E-state index >= 15 is 0 Å². The second kappa shape index (κ2) is 7.04. The topological polar surface area (TPSA) is 62.7 Å². The molecule has 1 aliphatic rings. The summed E-state index contributed by atoms with van der Waals surface area (Å²) in [5.74, 6) is 0.794. The van der Waals surface area contributed by atoms with Crippen LogP contribution in [0.3, 0.4) is 0 Å². The van der Waals surface area contributed by atoms with E-state index < -0.39 is 0 Å². The maximum atomic E-state index is 12.3. The number of rotatable bonds is 5. The number of hydrogen-bond donors (Lipinski definition) is 1. The number of amides is 1. The van der Waals surface area contributed by atoms with E-state index in [0.717, 1.165) is 31.7 Å². The van der Waals surface area contributed by atoms with Crippen LogP contribution in [-0.4, -0.2) is 52.9 Å². The van der Waals surface area contributed by atoms with Crippen molar-refractivity contribution in [2.24, 2.45) is 5.73 Å². The Balaban J connectivity index is 1.93. The Bertz CT molecular complexity index is 507. The van der Waals surface area contributed by atoms with Crippen LogP contribution in [0.1, 0.15) is 35.9 Å². The van der Waals surface area contributed by atoms with Crippen LogP contribution in [0.2, 0.25) is 0 Å². The molecule has 1 saturated heterocycles. The smallest absolute Gasteiger partial charge is 0.257 e. The molecule has 21 heavy (non-hydrogen) atoms. The number of carbonyl (C=O) groups is 1. The maximum Gasteiger partial charge on any atom is 0.257 e. The predicted octanol–water partition coefficient (Wildman–Crippen LogP) is 1.80. The highest BCUT2D eigenvalue weighted by molar-refractivity contribution is 7.80. The molecule has 6 heteroatoms. The number of aryl methyl sites for hydroxylation is 1. The van der Waals surface area contributed by atoms with Crippen LogP contribution in [-0.2, 0) is 0 Å². The minimum Gasteiger partial charge on any atom is -0.469 e. The molecule has 116 valence electrons. The number of nitrogens with two attached hydrogens (primary N) is 1. The number of carbonyl (C=O) groups excluding carboxylic acids is 1. The average molecular weight is 309 g/mol. The molecule has 0 spiro atoms. The minimum atomic E-state index is 0.0360. The Labute approximate surface area is 131 Å². The first kappa shape index (κ1) is 16.0. The van der Waals surface area contributed by atoms with E-state index in [-0.39, 0.29) is 11.9 Å². The van der Waals surface area contributed by atoms with Gasteiger partial charge in [0.05, 0.1) is 16.6 Å². The lowest BCUT2D eigenvalue weighted by Crippen LogP contribution is -2.54. The van der Waals surface area contributed by atoms with Crippen molar-refractivity contribution < 1.29 is 9.21 Å². The van der Waals surface area contributed by atoms with Gasteiger partial charge in [0.2, 0.25) is 0 Å². The molecule has 1 aromatic rings. The first-order valence-electron chi connectivity index (χ1n) is 7.40. The number of piperazine rings is 1. The van der Waals surface area contributed by atoms with Gasteiger partial charge in [-0.15, -0.1) is 0 Å². The fourth-order valence-corrected chi connectivity index (χ4v) is 3.02. The highest BCUT2D eigenvalue weighted by Gasteiger charge is 2.27. The average Bonchev–Trinajstić information content (AvgIpc) is 2.90. The van der Waals surface area contributed by atoms with Crippen molar-refractivity contribution in [3.05, 3.63) is 23.7 Å². The van der Waals surface area contributed by atoms with Crippen LogP contribution in [0.5, 0.6) is 0 Å². The number of hydrogen-bond acceptors (Lipinski definition) is 4.